The van der Waals surface area contributed by atoms with Crippen LogP contribution >= 0.6 is 11.3 Å². The number of non-ortho nitro benzene ring substituents is 1. The van der Waals surface area contributed by atoms with Crippen LogP contribution in [-0.4, -0.2) is 70.2 Å². The Hall–Kier alpha value is -3.63. The van der Waals surface area contributed by atoms with Crippen molar-refractivity contribution in [3.63, 3.8) is 0 Å². The molecule has 0 saturated carbocycles. The van der Waals surface area contributed by atoms with E-state index < -0.39 is 4.92 Å². The lowest BCUT2D eigenvalue weighted by atomic mass is 9.93. The molecule has 2 aliphatic rings. The Labute approximate surface area is 224 Å². The first kappa shape index (κ1) is 26.0. The lowest BCUT2D eigenvalue weighted by Crippen LogP contribution is -2.55. The molecule has 1 saturated heterocycles. The van der Waals surface area contributed by atoms with Crippen molar-refractivity contribution in [2.45, 2.75) is 31.8 Å². The first-order valence-corrected chi connectivity index (χ1v) is 13.6. The zero-order valence-corrected chi connectivity index (χ0v) is 21.9. The number of amides is 2. The molecule has 2 atom stereocenters. The van der Waals surface area contributed by atoms with Gasteiger partial charge in [0, 0.05) is 67.8 Å². The molecule has 0 radical (unpaired) electrons. The fraction of sp³-hybridized carbons (Fsp3) is 0.357. The number of nitrogens with zero attached hydrogens (tertiary/aromatic N) is 4. The Balaban J connectivity index is 1.22. The molecule has 1 aromatic heterocycles. The van der Waals surface area contributed by atoms with Crippen LogP contribution in [0.3, 0.4) is 0 Å². The topological polar surface area (TPSA) is 87.0 Å². The van der Waals surface area contributed by atoms with E-state index in [1.165, 1.54) is 34.7 Å². The van der Waals surface area contributed by atoms with E-state index in [4.69, 9.17) is 0 Å². The number of rotatable bonds is 6. The summed E-state index contributed by atoms with van der Waals surface area (Å²) in [5.41, 5.74) is 2.22. The van der Waals surface area contributed by atoms with Crippen molar-refractivity contribution >= 4 is 28.8 Å². The number of benzene rings is 2. The second kappa shape index (κ2) is 11.0. The number of hydrogen-bond acceptors (Lipinski definition) is 6. The van der Waals surface area contributed by atoms with E-state index in [-0.39, 0.29) is 41.0 Å². The van der Waals surface area contributed by atoms with Crippen molar-refractivity contribution in [1.82, 2.24) is 14.7 Å². The van der Waals surface area contributed by atoms with Crippen LogP contribution in [0.25, 0.3) is 0 Å². The average Bonchev–Trinajstić information content (AvgIpc) is 3.40. The zero-order valence-electron chi connectivity index (χ0n) is 21.1. The summed E-state index contributed by atoms with van der Waals surface area (Å²) >= 11 is 1.72. The minimum Gasteiger partial charge on any atom is -0.339 e. The highest BCUT2D eigenvalue weighted by molar-refractivity contribution is 7.10. The normalized spacial score (nSPS) is 19.7. The fourth-order valence-corrected chi connectivity index (χ4v) is 6.38. The molecule has 2 aliphatic heterocycles. The molecular weight excluding hydrogens is 507 g/mol. The van der Waals surface area contributed by atoms with Gasteiger partial charge in [-0.05, 0) is 54.1 Å². The van der Waals surface area contributed by atoms with Crippen LogP contribution in [0.5, 0.6) is 0 Å². The van der Waals surface area contributed by atoms with E-state index in [1.54, 1.807) is 39.3 Å². The lowest BCUT2D eigenvalue weighted by Gasteiger charge is -2.40. The first-order valence-electron chi connectivity index (χ1n) is 12.7. The van der Waals surface area contributed by atoms with Crippen LogP contribution < -0.4 is 0 Å². The summed E-state index contributed by atoms with van der Waals surface area (Å²) < 4.78 is 14.1. The molecule has 38 heavy (non-hydrogen) atoms. The summed E-state index contributed by atoms with van der Waals surface area (Å²) in [6.45, 7) is 4.41. The molecule has 10 heteroatoms. The fourth-order valence-electron chi connectivity index (χ4n) is 5.48. The Kier molecular flexibility index (Phi) is 7.53. The van der Waals surface area contributed by atoms with Crippen LogP contribution in [0.2, 0.25) is 0 Å². The van der Waals surface area contributed by atoms with Crippen LogP contribution in [0.15, 0.2) is 60.0 Å². The van der Waals surface area contributed by atoms with Crippen molar-refractivity contribution in [2.75, 3.05) is 32.7 Å². The van der Waals surface area contributed by atoms with Gasteiger partial charge < -0.3 is 9.80 Å². The van der Waals surface area contributed by atoms with E-state index in [2.05, 4.69) is 16.3 Å². The second-order valence-electron chi connectivity index (χ2n) is 9.79. The molecule has 5 rings (SSSR count). The van der Waals surface area contributed by atoms with Gasteiger partial charge in [0.25, 0.3) is 11.6 Å². The number of piperazine rings is 1. The molecule has 198 valence electrons. The Morgan fingerprint density at radius 3 is 2.68 bits per heavy atom. The highest BCUT2D eigenvalue weighted by Gasteiger charge is 2.33. The number of nitro groups is 1. The molecule has 2 unspecified atom stereocenters. The van der Waals surface area contributed by atoms with Crippen LogP contribution in [0, 0.1) is 15.9 Å². The predicted molar refractivity (Wildman–Crippen MR) is 143 cm³/mol. The SMILES string of the molecule is CC1CN(C(=O)CCN2CCc3sccc3C2c2cccc(F)c2)CCN1C(=O)c1cccc([N+](=O)[O-])c1. The van der Waals surface area contributed by atoms with Gasteiger partial charge in [-0.3, -0.25) is 24.6 Å². The van der Waals surface area contributed by atoms with Gasteiger partial charge >= 0.3 is 0 Å². The smallest absolute Gasteiger partial charge is 0.270 e. The van der Waals surface area contributed by atoms with Gasteiger partial charge in [-0.15, -0.1) is 11.3 Å². The van der Waals surface area contributed by atoms with Crippen molar-refractivity contribution < 1.29 is 18.9 Å². The Morgan fingerprint density at radius 2 is 1.92 bits per heavy atom. The summed E-state index contributed by atoms with van der Waals surface area (Å²) in [7, 11) is 0. The first-order chi connectivity index (χ1) is 18.3. The van der Waals surface area contributed by atoms with Gasteiger partial charge in [-0.1, -0.05) is 18.2 Å². The maximum atomic E-state index is 14.1. The molecule has 2 amide bonds. The maximum Gasteiger partial charge on any atom is 0.270 e. The summed E-state index contributed by atoms with van der Waals surface area (Å²) in [5.74, 6) is -0.521. The summed E-state index contributed by atoms with van der Waals surface area (Å²) in [6, 6.07) is 14.2. The monoisotopic (exact) mass is 536 g/mol. The molecular formula is C28H29FN4O4S. The van der Waals surface area contributed by atoms with Crippen molar-refractivity contribution in [2.24, 2.45) is 0 Å². The number of thiophene rings is 1. The number of carbonyl (C=O) groups is 2. The zero-order chi connectivity index (χ0) is 26.8. The molecule has 3 aromatic rings. The molecule has 0 aliphatic carbocycles. The van der Waals surface area contributed by atoms with Crippen LogP contribution in [0.4, 0.5) is 10.1 Å². The second-order valence-corrected chi connectivity index (χ2v) is 10.8. The van der Waals surface area contributed by atoms with Gasteiger partial charge in [0.2, 0.25) is 5.91 Å². The molecule has 0 N–H and O–H groups in total. The Morgan fingerprint density at radius 1 is 1.11 bits per heavy atom. The van der Waals surface area contributed by atoms with E-state index in [0.29, 0.717) is 32.6 Å². The Bertz CT molecular complexity index is 1360. The number of nitro benzene ring substituents is 1. The van der Waals surface area contributed by atoms with Gasteiger partial charge in [0.15, 0.2) is 0 Å². The average molecular weight is 537 g/mol. The number of halogens is 1. The highest BCUT2D eigenvalue weighted by Crippen LogP contribution is 2.38. The third-order valence-corrected chi connectivity index (χ3v) is 8.38. The molecule has 1 fully saturated rings. The van der Waals surface area contributed by atoms with Gasteiger partial charge in [-0.2, -0.15) is 0 Å². The van der Waals surface area contributed by atoms with E-state index in [9.17, 15) is 24.1 Å². The van der Waals surface area contributed by atoms with Crippen molar-refractivity contribution in [3.05, 3.63) is 97.5 Å². The van der Waals surface area contributed by atoms with E-state index in [0.717, 1.165) is 18.5 Å². The predicted octanol–water partition coefficient (Wildman–Crippen LogP) is 4.51. The van der Waals surface area contributed by atoms with E-state index in [1.807, 2.05) is 13.0 Å². The summed E-state index contributed by atoms with van der Waals surface area (Å²) in [5, 5.41) is 13.2. The van der Waals surface area contributed by atoms with Gasteiger partial charge in [-0.25, -0.2) is 4.39 Å². The van der Waals surface area contributed by atoms with Crippen molar-refractivity contribution in [3.8, 4) is 0 Å². The molecule has 8 nitrogen and oxygen atoms in total. The van der Waals surface area contributed by atoms with E-state index >= 15 is 0 Å². The van der Waals surface area contributed by atoms with Crippen LogP contribution in [-0.2, 0) is 11.2 Å². The minimum atomic E-state index is -0.517. The quantitative estimate of drug-likeness (QED) is 0.342. The van der Waals surface area contributed by atoms with Crippen molar-refractivity contribution in [1.29, 1.82) is 0 Å². The number of fused-ring (bicyclic) bond motifs is 1. The lowest BCUT2D eigenvalue weighted by molar-refractivity contribution is -0.384. The number of hydrogen-bond donors (Lipinski definition) is 0. The largest absolute Gasteiger partial charge is 0.339 e. The molecule has 3 heterocycles. The third-order valence-electron chi connectivity index (χ3n) is 7.39. The standard InChI is InChI=1S/C28H29FN4O4S/c1-19-18-31(13-14-32(19)28(35)21-5-3-7-23(17-21)33(36)37)26(34)9-12-30-11-8-25-24(10-15-38-25)27(30)20-4-2-6-22(29)16-20/h2-7,10,15-17,19,27H,8-9,11-14,18H2,1H3. The third kappa shape index (κ3) is 5.32. The molecule has 2 aromatic carbocycles. The molecule has 0 spiro atoms. The molecule has 0 bridgehead atoms. The summed E-state index contributed by atoms with van der Waals surface area (Å²) in [6.07, 6.45) is 1.24. The van der Waals surface area contributed by atoms with Crippen LogP contribution in [0.1, 0.15) is 45.7 Å². The highest BCUT2D eigenvalue weighted by atomic mass is 32.1. The number of carbonyl (C=O) groups excluding carboxylic acids is 2. The summed E-state index contributed by atoms with van der Waals surface area (Å²) in [4.78, 5) is 43.8. The maximum absolute atomic E-state index is 14.1. The van der Waals surface area contributed by atoms with Gasteiger partial charge in [0.05, 0.1) is 11.0 Å². The van der Waals surface area contributed by atoms with Gasteiger partial charge in [0.1, 0.15) is 5.82 Å². The minimum absolute atomic E-state index is 0.0217.